The summed E-state index contributed by atoms with van der Waals surface area (Å²) in [5.41, 5.74) is 1.60. The number of nitrogens with one attached hydrogen (secondary N) is 1. The predicted octanol–water partition coefficient (Wildman–Crippen LogP) is 4.02. The second kappa shape index (κ2) is 6.04. The third kappa shape index (κ3) is 2.79. The Morgan fingerprint density at radius 2 is 1.88 bits per heavy atom. The zero-order valence-corrected chi connectivity index (χ0v) is 12.7. The average molecular weight is 318 g/mol. The highest BCUT2D eigenvalue weighted by Gasteiger charge is 2.11. The van der Waals surface area contributed by atoms with E-state index in [0.717, 1.165) is 10.9 Å². The van der Waals surface area contributed by atoms with Crippen LogP contribution in [0.1, 0.15) is 16.2 Å². The summed E-state index contributed by atoms with van der Waals surface area (Å²) >= 11 is 0. The molecule has 0 aliphatic heterocycles. The predicted molar refractivity (Wildman–Crippen MR) is 89.3 cm³/mol. The quantitative estimate of drug-likeness (QED) is 0.617. The van der Waals surface area contributed by atoms with Gasteiger partial charge >= 0.3 is 0 Å². The molecule has 0 radical (unpaired) electrons. The van der Waals surface area contributed by atoms with Crippen LogP contribution in [-0.2, 0) is 6.54 Å². The normalized spacial score (nSPS) is 10.8. The molecule has 0 bridgehead atoms. The van der Waals surface area contributed by atoms with Crippen LogP contribution in [0.2, 0.25) is 0 Å². The van der Waals surface area contributed by atoms with Gasteiger partial charge in [-0.2, -0.15) is 0 Å². The summed E-state index contributed by atoms with van der Waals surface area (Å²) in [6.07, 6.45) is 1.46. The van der Waals surface area contributed by atoms with E-state index in [-0.39, 0.29) is 18.2 Å². The smallest absolute Gasteiger partial charge is 0.287 e. The van der Waals surface area contributed by atoms with Crippen molar-refractivity contribution in [3.05, 3.63) is 78.4 Å². The summed E-state index contributed by atoms with van der Waals surface area (Å²) in [6, 6.07) is 19.3. The summed E-state index contributed by atoms with van der Waals surface area (Å²) in [6.45, 7) is 0.274. The number of carbonyl (C=O) groups is 1. The van der Waals surface area contributed by atoms with Gasteiger partial charge in [-0.3, -0.25) is 4.79 Å². The molecule has 118 valence electrons. The standard InChI is InChI=1S/C19H14N2O3/c22-19(17-6-3-9-23-17)20-12-16-11-18(24-21-16)15-8-7-13-4-1-2-5-14(13)10-15/h1-11H,12H2,(H,20,22). The van der Waals surface area contributed by atoms with Gasteiger partial charge in [-0.25, -0.2) is 0 Å². The molecular weight excluding hydrogens is 304 g/mol. The van der Waals surface area contributed by atoms with Crippen LogP contribution in [0.15, 0.2) is 75.9 Å². The molecule has 5 heteroatoms. The van der Waals surface area contributed by atoms with Crippen molar-refractivity contribution in [3.63, 3.8) is 0 Å². The molecule has 1 N–H and O–H groups in total. The second-order valence-corrected chi connectivity index (χ2v) is 5.40. The SMILES string of the molecule is O=C(NCc1cc(-c2ccc3ccccc3c2)on1)c1ccco1. The van der Waals surface area contributed by atoms with Gasteiger partial charge in [0, 0.05) is 11.6 Å². The van der Waals surface area contributed by atoms with E-state index >= 15 is 0 Å². The maximum Gasteiger partial charge on any atom is 0.287 e. The van der Waals surface area contributed by atoms with Gasteiger partial charge in [-0.15, -0.1) is 0 Å². The van der Waals surface area contributed by atoms with E-state index in [9.17, 15) is 4.79 Å². The highest BCUT2D eigenvalue weighted by atomic mass is 16.5. The molecule has 2 aromatic carbocycles. The van der Waals surface area contributed by atoms with E-state index < -0.39 is 0 Å². The number of amides is 1. The molecule has 0 spiro atoms. The van der Waals surface area contributed by atoms with Crippen LogP contribution in [0, 0.1) is 0 Å². The van der Waals surface area contributed by atoms with Crippen LogP contribution in [0.5, 0.6) is 0 Å². The number of hydrogen-bond donors (Lipinski definition) is 1. The van der Waals surface area contributed by atoms with Gasteiger partial charge in [0.25, 0.3) is 5.91 Å². The molecule has 0 unspecified atom stereocenters. The maximum atomic E-state index is 11.8. The largest absolute Gasteiger partial charge is 0.459 e. The van der Waals surface area contributed by atoms with Crippen LogP contribution in [0.4, 0.5) is 0 Å². The van der Waals surface area contributed by atoms with Crippen LogP contribution in [0.25, 0.3) is 22.1 Å². The molecule has 0 fully saturated rings. The maximum absolute atomic E-state index is 11.8. The number of nitrogens with zero attached hydrogens (tertiary/aromatic N) is 1. The number of hydrogen-bond acceptors (Lipinski definition) is 4. The number of benzene rings is 2. The minimum Gasteiger partial charge on any atom is -0.459 e. The minimum atomic E-state index is -0.282. The third-order valence-electron chi connectivity index (χ3n) is 3.77. The van der Waals surface area contributed by atoms with Crippen molar-refractivity contribution in [2.75, 3.05) is 0 Å². The van der Waals surface area contributed by atoms with Crippen molar-refractivity contribution >= 4 is 16.7 Å². The summed E-state index contributed by atoms with van der Waals surface area (Å²) in [5.74, 6) is 0.659. The summed E-state index contributed by atoms with van der Waals surface area (Å²) in [5, 5.41) is 9.06. The van der Waals surface area contributed by atoms with E-state index in [4.69, 9.17) is 8.94 Å². The number of carbonyl (C=O) groups excluding carboxylic acids is 1. The van der Waals surface area contributed by atoms with Gasteiger partial charge in [0.05, 0.1) is 12.8 Å². The van der Waals surface area contributed by atoms with Gasteiger partial charge in [0.2, 0.25) is 0 Å². The van der Waals surface area contributed by atoms with Gasteiger partial charge in [0.15, 0.2) is 11.5 Å². The first-order chi connectivity index (χ1) is 11.8. The zero-order chi connectivity index (χ0) is 16.4. The van der Waals surface area contributed by atoms with Crippen molar-refractivity contribution < 1.29 is 13.7 Å². The third-order valence-corrected chi connectivity index (χ3v) is 3.77. The molecule has 0 aliphatic carbocycles. The lowest BCUT2D eigenvalue weighted by Gasteiger charge is -2.00. The van der Waals surface area contributed by atoms with Gasteiger partial charge < -0.3 is 14.3 Å². The molecule has 4 aromatic rings. The van der Waals surface area contributed by atoms with Crippen LogP contribution in [-0.4, -0.2) is 11.1 Å². The molecule has 2 aromatic heterocycles. The Hall–Kier alpha value is -3.34. The monoisotopic (exact) mass is 318 g/mol. The van der Waals surface area contributed by atoms with E-state index in [2.05, 4.69) is 28.7 Å². The first-order valence-corrected chi connectivity index (χ1v) is 7.56. The molecule has 24 heavy (non-hydrogen) atoms. The van der Waals surface area contributed by atoms with Gasteiger partial charge in [-0.05, 0) is 29.0 Å². The lowest BCUT2D eigenvalue weighted by Crippen LogP contribution is -2.22. The summed E-state index contributed by atoms with van der Waals surface area (Å²) in [7, 11) is 0. The number of aromatic nitrogens is 1. The highest BCUT2D eigenvalue weighted by molar-refractivity contribution is 5.91. The summed E-state index contributed by atoms with van der Waals surface area (Å²) in [4.78, 5) is 11.8. The Kier molecular flexibility index (Phi) is 3.59. The fourth-order valence-corrected chi connectivity index (χ4v) is 2.54. The van der Waals surface area contributed by atoms with E-state index in [1.54, 1.807) is 12.1 Å². The molecule has 5 nitrogen and oxygen atoms in total. The van der Waals surface area contributed by atoms with Crippen LogP contribution < -0.4 is 5.32 Å². The molecule has 0 saturated carbocycles. The lowest BCUT2D eigenvalue weighted by molar-refractivity contribution is 0.0922. The van der Waals surface area contributed by atoms with Gasteiger partial charge in [-0.1, -0.05) is 41.6 Å². The number of furan rings is 1. The Balaban J connectivity index is 1.50. The van der Waals surface area contributed by atoms with Crippen molar-refractivity contribution in [1.82, 2.24) is 10.5 Å². The van der Waals surface area contributed by atoms with E-state index in [0.29, 0.717) is 11.5 Å². The van der Waals surface area contributed by atoms with Crippen molar-refractivity contribution in [3.8, 4) is 11.3 Å². The van der Waals surface area contributed by atoms with Crippen LogP contribution >= 0.6 is 0 Å². The van der Waals surface area contributed by atoms with Crippen molar-refractivity contribution in [2.45, 2.75) is 6.54 Å². The molecule has 4 rings (SSSR count). The fraction of sp³-hybridized carbons (Fsp3) is 0.0526. The average Bonchev–Trinajstić information content (AvgIpc) is 3.31. The molecule has 2 heterocycles. The Labute approximate surface area is 137 Å². The first-order valence-electron chi connectivity index (χ1n) is 7.56. The molecular formula is C19H14N2O3. The number of fused-ring (bicyclic) bond motifs is 1. The minimum absolute atomic E-state index is 0.272. The fourth-order valence-electron chi connectivity index (χ4n) is 2.54. The van der Waals surface area contributed by atoms with E-state index in [1.807, 2.05) is 30.3 Å². The van der Waals surface area contributed by atoms with Crippen molar-refractivity contribution in [2.24, 2.45) is 0 Å². The Morgan fingerprint density at radius 3 is 2.71 bits per heavy atom. The Morgan fingerprint density at radius 1 is 1.00 bits per heavy atom. The Bertz CT molecular complexity index is 987. The van der Waals surface area contributed by atoms with Crippen molar-refractivity contribution in [1.29, 1.82) is 0 Å². The molecule has 1 amide bonds. The first kappa shape index (κ1) is 14.3. The molecule has 0 aliphatic rings. The summed E-state index contributed by atoms with van der Waals surface area (Å²) < 4.78 is 10.4. The second-order valence-electron chi connectivity index (χ2n) is 5.40. The van der Waals surface area contributed by atoms with E-state index in [1.165, 1.54) is 11.6 Å². The zero-order valence-electron chi connectivity index (χ0n) is 12.7. The van der Waals surface area contributed by atoms with Gasteiger partial charge in [0.1, 0.15) is 5.69 Å². The van der Waals surface area contributed by atoms with Crippen LogP contribution in [0.3, 0.4) is 0 Å². The molecule has 0 saturated heterocycles. The number of rotatable bonds is 4. The highest BCUT2D eigenvalue weighted by Crippen LogP contribution is 2.25. The molecule has 0 atom stereocenters. The topological polar surface area (TPSA) is 68.3 Å². The lowest BCUT2D eigenvalue weighted by atomic mass is 10.1.